The predicted molar refractivity (Wildman–Crippen MR) is 79.3 cm³/mol. The van der Waals surface area contributed by atoms with Gasteiger partial charge in [-0.1, -0.05) is 24.8 Å². The highest BCUT2D eigenvalue weighted by atomic mass is 16.2. The molecule has 1 amide bonds. The van der Waals surface area contributed by atoms with Gasteiger partial charge in [0.1, 0.15) is 6.61 Å². The molecule has 106 valence electrons. The van der Waals surface area contributed by atoms with Crippen molar-refractivity contribution in [3.05, 3.63) is 35.4 Å². The Labute approximate surface area is 120 Å². The predicted octanol–water partition coefficient (Wildman–Crippen LogP) is 2.29. The molecule has 0 aliphatic carbocycles. The van der Waals surface area contributed by atoms with Crippen LogP contribution in [0.15, 0.2) is 24.3 Å². The van der Waals surface area contributed by atoms with Crippen LogP contribution in [-0.2, 0) is 0 Å². The van der Waals surface area contributed by atoms with E-state index in [2.05, 4.69) is 25.7 Å². The molecule has 3 heteroatoms. The van der Waals surface area contributed by atoms with E-state index in [0.717, 1.165) is 18.5 Å². The fourth-order valence-corrected chi connectivity index (χ4v) is 2.66. The number of hydrogen-bond acceptors (Lipinski definition) is 2. The van der Waals surface area contributed by atoms with Crippen molar-refractivity contribution < 1.29 is 9.90 Å². The average Bonchev–Trinajstić information content (AvgIpc) is 2.47. The number of aliphatic hydroxyl groups is 1. The minimum atomic E-state index is -0.168. The van der Waals surface area contributed by atoms with Crippen molar-refractivity contribution >= 4 is 5.91 Å². The van der Waals surface area contributed by atoms with E-state index in [0.29, 0.717) is 11.5 Å². The van der Waals surface area contributed by atoms with Gasteiger partial charge in [-0.2, -0.15) is 0 Å². The molecule has 1 aromatic carbocycles. The first-order valence-electron chi connectivity index (χ1n) is 7.14. The molecule has 1 aliphatic heterocycles. The highest BCUT2D eigenvalue weighted by Gasteiger charge is 2.28. The molecule has 0 bridgehead atoms. The number of carbonyl (C=O) groups is 1. The Morgan fingerprint density at radius 1 is 1.45 bits per heavy atom. The van der Waals surface area contributed by atoms with Gasteiger partial charge in [-0.25, -0.2) is 0 Å². The van der Waals surface area contributed by atoms with E-state index < -0.39 is 0 Å². The first-order chi connectivity index (χ1) is 9.63. The van der Waals surface area contributed by atoms with Crippen LogP contribution in [0.4, 0.5) is 0 Å². The summed E-state index contributed by atoms with van der Waals surface area (Å²) >= 11 is 0. The largest absolute Gasteiger partial charge is 0.384 e. The van der Waals surface area contributed by atoms with Crippen molar-refractivity contribution in [2.45, 2.75) is 32.7 Å². The van der Waals surface area contributed by atoms with Crippen molar-refractivity contribution in [3.8, 4) is 11.8 Å². The number of piperidine rings is 1. The van der Waals surface area contributed by atoms with E-state index >= 15 is 0 Å². The topological polar surface area (TPSA) is 40.5 Å². The Kier molecular flexibility index (Phi) is 4.81. The summed E-state index contributed by atoms with van der Waals surface area (Å²) in [6, 6.07) is 7.60. The highest BCUT2D eigenvalue weighted by molar-refractivity contribution is 5.94. The normalized spacial score (nSPS) is 22.1. The van der Waals surface area contributed by atoms with Crippen molar-refractivity contribution in [1.82, 2.24) is 4.90 Å². The van der Waals surface area contributed by atoms with Crippen LogP contribution in [0.2, 0.25) is 0 Å². The molecule has 2 unspecified atom stereocenters. The number of carbonyl (C=O) groups excluding carboxylic acids is 1. The maximum Gasteiger partial charge on any atom is 0.254 e. The molecule has 2 atom stereocenters. The Morgan fingerprint density at radius 2 is 2.25 bits per heavy atom. The van der Waals surface area contributed by atoms with Crippen molar-refractivity contribution in [2.24, 2.45) is 5.92 Å². The van der Waals surface area contributed by atoms with E-state index in [9.17, 15) is 4.79 Å². The lowest BCUT2D eigenvalue weighted by Gasteiger charge is -2.38. The van der Waals surface area contributed by atoms with Gasteiger partial charge in [-0.3, -0.25) is 4.79 Å². The van der Waals surface area contributed by atoms with Crippen molar-refractivity contribution in [2.75, 3.05) is 13.2 Å². The van der Waals surface area contributed by atoms with E-state index in [1.54, 1.807) is 6.07 Å². The number of benzene rings is 1. The maximum atomic E-state index is 12.6. The first kappa shape index (κ1) is 14.6. The van der Waals surface area contributed by atoms with Gasteiger partial charge in [0, 0.05) is 23.7 Å². The minimum Gasteiger partial charge on any atom is -0.384 e. The molecule has 1 saturated heterocycles. The van der Waals surface area contributed by atoms with Crippen LogP contribution in [0, 0.1) is 17.8 Å². The Balaban J connectivity index is 2.20. The second-order valence-electron chi connectivity index (χ2n) is 5.40. The zero-order chi connectivity index (χ0) is 14.5. The van der Waals surface area contributed by atoms with E-state index in [1.165, 1.54) is 6.42 Å². The van der Waals surface area contributed by atoms with Gasteiger partial charge in [0.05, 0.1) is 0 Å². The third kappa shape index (κ3) is 3.20. The zero-order valence-corrected chi connectivity index (χ0v) is 12.1. The number of nitrogens with zero attached hydrogens (tertiary/aromatic N) is 1. The monoisotopic (exact) mass is 271 g/mol. The summed E-state index contributed by atoms with van der Waals surface area (Å²) in [5.74, 6) is 6.08. The molecule has 1 aliphatic rings. The lowest BCUT2D eigenvalue weighted by molar-refractivity contribution is 0.0551. The second kappa shape index (κ2) is 6.58. The summed E-state index contributed by atoms with van der Waals surface area (Å²) in [6.07, 6.45) is 2.26. The smallest absolute Gasteiger partial charge is 0.254 e. The van der Waals surface area contributed by atoms with Crippen LogP contribution in [0.25, 0.3) is 0 Å². The molecule has 1 N–H and O–H groups in total. The van der Waals surface area contributed by atoms with Gasteiger partial charge in [-0.15, -0.1) is 0 Å². The number of rotatable bonds is 1. The Morgan fingerprint density at radius 3 is 3.00 bits per heavy atom. The summed E-state index contributed by atoms with van der Waals surface area (Å²) in [5, 5.41) is 8.73. The lowest BCUT2D eigenvalue weighted by Crippen LogP contribution is -2.46. The fraction of sp³-hybridized carbons (Fsp3) is 0.471. The van der Waals surface area contributed by atoms with Gasteiger partial charge >= 0.3 is 0 Å². The maximum absolute atomic E-state index is 12.6. The van der Waals surface area contributed by atoms with Crippen molar-refractivity contribution in [3.63, 3.8) is 0 Å². The molecule has 20 heavy (non-hydrogen) atoms. The molecule has 0 aromatic heterocycles. The van der Waals surface area contributed by atoms with Gasteiger partial charge in [0.2, 0.25) is 0 Å². The zero-order valence-electron chi connectivity index (χ0n) is 12.1. The lowest BCUT2D eigenvalue weighted by atomic mass is 9.91. The van der Waals surface area contributed by atoms with Crippen LogP contribution in [0.5, 0.6) is 0 Å². The third-order valence-electron chi connectivity index (χ3n) is 4.06. The highest BCUT2D eigenvalue weighted by Crippen LogP contribution is 2.24. The van der Waals surface area contributed by atoms with Crippen molar-refractivity contribution in [1.29, 1.82) is 0 Å². The average molecular weight is 271 g/mol. The molecule has 0 spiro atoms. The van der Waals surface area contributed by atoms with Crippen LogP contribution in [-0.4, -0.2) is 35.1 Å². The molecule has 0 radical (unpaired) electrons. The molecular formula is C17H21NO2. The van der Waals surface area contributed by atoms with E-state index in [-0.39, 0.29) is 18.6 Å². The van der Waals surface area contributed by atoms with Crippen LogP contribution in [0.1, 0.15) is 42.6 Å². The number of amides is 1. The summed E-state index contributed by atoms with van der Waals surface area (Å²) < 4.78 is 0. The van der Waals surface area contributed by atoms with Crippen LogP contribution >= 0.6 is 0 Å². The van der Waals surface area contributed by atoms with Gasteiger partial charge in [0.15, 0.2) is 0 Å². The molecule has 2 rings (SSSR count). The number of hydrogen-bond donors (Lipinski definition) is 1. The summed E-state index contributed by atoms with van der Waals surface area (Å²) in [6.45, 7) is 4.99. The minimum absolute atomic E-state index is 0.0803. The van der Waals surface area contributed by atoms with Gasteiger partial charge in [-0.05, 0) is 43.9 Å². The molecule has 0 saturated carbocycles. The molecule has 1 heterocycles. The van der Waals surface area contributed by atoms with Crippen LogP contribution in [0.3, 0.4) is 0 Å². The summed E-state index contributed by atoms with van der Waals surface area (Å²) in [5.41, 5.74) is 1.44. The Bertz CT molecular complexity index is 541. The Hall–Kier alpha value is -1.79. The van der Waals surface area contributed by atoms with Gasteiger partial charge in [0.25, 0.3) is 5.91 Å². The molecule has 3 nitrogen and oxygen atoms in total. The molecule has 1 aromatic rings. The third-order valence-corrected chi connectivity index (χ3v) is 4.06. The van der Waals surface area contributed by atoms with Gasteiger partial charge < -0.3 is 10.0 Å². The van der Waals surface area contributed by atoms with E-state index in [1.807, 2.05) is 23.1 Å². The van der Waals surface area contributed by atoms with Crippen LogP contribution < -0.4 is 0 Å². The number of aliphatic hydroxyl groups excluding tert-OH is 1. The molecular weight excluding hydrogens is 250 g/mol. The number of likely N-dealkylation sites (tertiary alicyclic amines) is 1. The fourth-order valence-electron chi connectivity index (χ4n) is 2.66. The quantitative estimate of drug-likeness (QED) is 0.796. The SMILES string of the molecule is CC1CCCN(C(=O)c2cccc(C#CCO)c2)C1C. The summed E-state index contributed by atoms with van der Waals surface area (Å²) in [7, 11) is 0. The molecule has 1 fully saturated rings. The summed E-state index contributed by atoms with van der Waals surface area (Å²) in [4.78, 5) is 14.6. The second-order valence-corrected chi connectivity index (χ2v) is 5.40. The first-order valence-corrected chi connectivity index (χ1v) is 7.14. The van der Waals surface area contributed by atoms with E-state index in [4.69, 9.17) is 5.11 Å². The standard InChI is InChI=1S/C17H21NO2/c1-13-6-4-10-18(14(13)2)17(20)16-9-3-7-15(12-16)8-5-11-19/h3,7,9,12-14,19H,4,6,10-11H2,1-2H3.